The zero-order valence-electron chi connectivity index (χ0n) is 17.8. The number of nitrogens with two attached hydrogens (primary N) is 2. The van der Waals surface area contributed by atoms with E-state index in [2.05, 4.69) is 15.6 Å². The summed E-state index contributed by atoms with van der Waals surface area (Å²) in [6.45, 7) is 1.21. The van der Waals surface area contributed by atoms with E-state index in [1.165, 1.54) is 0 Å². The van der Waals surface area contributed by atoms with Crippen molar-refractivity contribution < 1.29 is 19.5 Å². The van der Waals surface area contributed by atoms with Crippen molar-refractivity contribution in [1.29, 1.82) is 0 Å². The minimum absolute atomic E-state index is 0.00221. The van der Waals surface area contributed by atoms with Gasteiger partial charge < -0.3 is 27.2 Å². The molecule has 2 amide bonds. The Morgan fingerprint density at radius 1 is 1.23 bits per heavy atom. The zero-order valence-corrected chi connectivity index (χ0v) is 17.8. The Morgan fingerprint density at radius 2 is 1.94 bits per heavy atom. The molecule has 1 heterocycles. The van der Waals surface area contributed by atoms with Gasteiger partial charge in [0.1, 0.15) is 6.04 Å². The third-order valence-corrected chi connectivity index (χ3v) is 5.22. The van der Waals surface area contributed by atoms with E-state index in [0.717, 1.165) is 31.4 Å². The minimum Gasteiger partial charge on any atom is -0.480 e. The topological polar surface area (TPSA) is 163 Å². The lowest BCUT2D eigenvalue weighted by Crippen LogP contribution is -2.52. The Hall–Kier alpha value is -3.14. The van der Waals surface area contributed by atoms with Crippen LogP contribution in [0.5, 0.6) is 0 Å². The second-order valence-corrected chi connectivity index (χ2v) is 7.75. The predicted molar refractivity (Wildman–Crippen MR) is 119 cm³/mol. The molecule has 2 atom stereocenters. The van der Waals surface area contributed by atoms with E-state index in [4.69, 9.17) is 11.5 Å². The highest BCUT2D eigenvalue weighted by molar-refractivity contribution is 5.90. The highest BCUT2D eigenvalue weighted by atomic mass is 16.4. The van der Waals surface area contributed by atoms with Gasteiger partial charge in [0.15, 0.2) is 5.96 Å². The van der Waals surface area contributed by atoms with Gasteiger partial charge in [-0.1, -0.05) is 18.6 Å². The molecule has 0 aliphatic carbocycles. The van der Waals surface area contributed by atoms with Crippen LogP contribution in [-0.4, -0.2) is 66.0 Å². The van der Waals surface area contributed by atoms with Crippen LogP contribution < -0.4 is 22.1 Å². The average Bonchev–Trinajstić information content (AvgIpc) is 2.72. The van der Waals surface area contributed by atoms with Crippen molar-refractivity contribution in [1.82, 2.24) is 10.2 Å². The number of aliphatic imine (C=N–C) groups is 1. The van der Waals surface area contributed by atoms with E-state index in [9.17, 15) is 19.5 Å². The summed E-state index contributed by atoms with van der Waals surface area (Å²) < 4.78 is 0. The summed E-state index contributed by atoms with van der Waals surface area (Å²) in [6, 6.07) is 5.59. The number of rotatable bonds is 10. The first kappa shape index (κ1) is 24.1. The smallest absolute Gasteiger partial charge is 0.326 e. The number of carbonyl (C=O) groups excluding carboxylic acids is 2. The number of carboxylic acids is 1. The van der Waals surface area contributed by atoms with Gasteiger partial charge in [-0.25, -0.2) is 4.79 Å². The first-order chi connectivity index (χ1) is 14.8. The van der Waals surface area contributed by atoms with Crippen molar-refractivity contribution >= 4 is 29.4 Å². The summed E-state index contributed by atoms with van der Waals surface area (Å²) >= 11 is 0. The van der Waals surface area contributed by atoms with Crippen molar-refractivity contribution in [3.05, 3.63) is 29.8 Å². The summed E-state index contributed by atoms with van der Waals surface area (Å²) in [5, 5.41) is 15.0. The molecule has 0 spiro atoms. The Kier molecular flexibility index (Phi) is 9.26. The molecule has 0 radical (unpaired) electrons. The number of nitrogens with zero attached hydrogens (tertiary/aromatic N) is 2. The van der Waals surface area contributed by atoms with Crippen LogP contribution in [0.4, 0.5) is 5.69 Å². The minimum atomic E-state index is -1.08. The number of likely N-dealkylation sites (tertiary alicyclic amines) is 1. The van der Waals surface area contributed by atoms with Gasteiger partial charge >= 0.3 is 5.97 Å². The average molecular weight is 433 g/mol. The van der Waals surface area contributed by atoms with Gasteiger partial charge in [0.2, 0.25) is 11.8 Å². The van der Waals surface area contributed by atoms with Crippen LogP contribution in [-0.2, 0) is 20.8 Å². The lowest BCUT2D eigenvalue weighted by atomic mass is 10.0. The third kappa shape index (κ3) is 8.25. The molecule has 0 bridgehead atoms. The number of piperidine rings is 1. The van der Waals surface area contributed by atoms with Gasteiger partial charge in [0.05, 0.1) is 6.04 Å². The van der Waals surface area contributed by atoms with Crippen LogP contribution >= 0.6 is 0 Å². The van der Waals surface area contributed by atoms with Gasteiger partial charge in [0, 0.05) is 25.1 Å². The molecule has 170 valence electrons. The summed E-state index contributed by atoms with van der Waals surface area (Å²) in [4.78, 5) is 42.0. The molecule has 1 fully saturated rings. The summed E-state index contributed by atoms with van der Waals surface area (Å²) in [6.07, 6.45) is 3.70. The van der Waals surface area contributed by atoms with Gasteiger partial charge in [-0.2, -0.15) is 0 Å². The van der Waals surface area contributed by atoms with Gasteiger partial charge in [0.25, 0.3) is 0 Å². The SMILES string of the molecule is CN1CCCCC1C(=O)NC(Cc1ccc(NC(=O)CCCN=C(N)N)cc1)C(=O)O. The fraction of sp³-hybridized carbons (Fsp3) is 0.524. The first-order valence-corrected chi connectivity index (χ1v) is 10.4. The molecule has 10 heteroatoms. The number of nitrogens with one attached hydrogen (secondary N) is 2. The third-order valence-electron chi connectivity index (χ3n) is 5.22. The van der Waals surface area contributed by atoms with Crippen LogP contribution in [0, 0.1) is 0 Å². The lowest BCUT2D eigenvalue weighted by Gasteiger charge is -2.32. The second kappa shape index (κ2) is 11.9. The van der Waals surface area contributed by atoms with Crippen LogP contribution in [0.25, 0.3) is 0 Å². The van der Waals surface area contributed by atoms with Crippen molar-refractivity contribution in [3.63, 3.8) is 0 Å². The molecule has 1 aromatic carbocycles. The molecule has 31 heavy (non-hydrogen) atoms. The van der Waals surface area contributed by atoms with Gasteiger partial charge in [-0.05, 0) is 50.6 Å². The number of hydrogen-bond donors (Lipinski definition) is 5. The largest absolute Gasteiger partial charge is 0.480 e. The summed E-state index contributed by atoms with van der Waals surface area (Å²) in [5.74, 6) is -1.49. The standard InChI is InChI=1S/C21H32N6O4/c1-27-12-3-2-5-17(27)19(29)26-16(20(30)31)13-14-7-9-15(10-8-14)25-18(28)6-4-11-24-21(22)23/h7-10,16-17H,2-6,11-13H2,1H3,(H,25,28)(H,26,29)(H,30,31)(H4,22,23,24). The van der Waals surface area contributed by atoms with E-state index in [1.54, 1.807) is 24.3 Å². The monoisotopic (exact) mass is 432 g/mol. The fourth-order valence-corrected chi connectivity index (χ4v) is 3.51. The molecule has 7 N–H and O–H groups in total. The summed E-state index contributed by atoms with van der Waals surface area (Å²) in [7, 11) is 1.88. The van der Waals surface area contributed by atoms with E-state index in [-0.39, 0.29) is 36.7 Å². The Balaban J connectivity index is 1.87. The normalized spacial score (nSPS) is 17.4. The van der Waals surface area contributed by atoms with E-state index < -0.39 is 12.0 Å². The van der Waals surface area contributed by atoms with Crippen LogP contribution in [0.3, 0.4) is 0 Å². The number of benzene rings is 1. The maximum Gasteiger partial charge on any atom is 0.326 e. The van der Waals surface area contributed by atoms with Crippen LogP contribution in [0.2, 0.25) is 0 Å². The van der Waals surface area contributed by atoms with Gasteiger partial charge in [-0.15, -0.1) is 0 Å². The van der Waals surface area contributed by atoms with Crippen LogP contribution in [0.1, 0.15) is 37.7 Å². The Bertz CT molecular complexity index is 792. The first-order valence-electron chi connectivity index (χ1n) is 10.4. The van der Waals surface area contributed by atoms with Crippen molar-refractivity contribution in [2.24, 2.45) is 16.5 Å². The number of amides is 2. The molecule has 0 saturated carbocycles. The van der Waals surface area contributed by atoms with E-state index >= 15 is 0 Å². The molecule has 1 saturated heterocycles. The number of anilines is 1. The highest BCUT2D eigenvalue weighted by Gasteiger charge is 2.29. The number of aliphatic carboxylic acids is 1. The lowest BCUT2D eigenvalue weighted by molar-refractivity contribution is -0.142. The van der Waals surface area contributed by atoms with E-state index in [1.807, 2.05) is 11.9 Å². The van der Waals surface area contributed by atoms with Crippen molar-refractivity contribution in [3.8, 4) is 0 Å². The quantitative estimate of drug-likeness (QED) is 0.201. The number of likely N-dealkylation sites (N-methyl/N-ethyl adjacent to an activating group) is 1. The maximum atomic E-state index is 12.5. The molecule has 2 rings (SSSR count). The Labute approximate surface area is 182 Å². The molecule has 10 nitrogen and oxygen atoms in total. The number of guanidine groups is 1. The number of carboxylic acid groups (broad SMARTS) is 1. The molecule has 1 aliphatic heterocycles. The zero-order chi connectivity index (χ0) is 22.8. The van der Waals surface area contributed by atoms with Crippen molar-refractivity contribution in [2.45, 2.75) is 50.6 Å². The molecule has 2 unspecified atom stereocenters. The molecule has 1 aliphatic rings. The molecule has 1 aromatic rings. The fourth-order valence-electron chi connectivity index (χ4n) is 3.51. The molecular formula is C21H32N6O4. The van der Waals surface area contributed by atoms with Gasteiger partial charge in [-0.3, -0.25) is 19.5 Å². The molecular weight excluding hydrogens is 400 g/mol. The molecule has 0 aromatic heterocycles. The highest BCUT2D eigenvalue weighted by Crippen LogP contribution is 2.16. The van der Waals surface area contributed by atoms with Crippen LogP contribution in [0.15, 0.2) is 29.3 Å². The van der Waals surface area contributed by atoms with Crippen molar-refractivity contribution in [2.75, 3.05) is 25.5 Å². The summed E-state index contributed by atoms with van der Waals surface area (Å²) in [5.41, 5.74) is 11.8. The Morgan fingerprint density at radius 3 is 2.55 bits per heavy atom. The maximum absolute atomic E-state index is 12.5. The predicted octanol–water partition coefficient (Wildman–Crippen LogP) is 0.275. The van der Waals surface area contributed by atoms with E-state index in [0.29, 0.717) is 18.7 Å². The number of carbonyl (C=O) groups is 3. The second-order valence-electron chi connectivity index (χ2n) is 7.75. The number of hydrogen-bond acceptors (Lipinski definition) is 5.